The fraction of sp³-hybridized carbons (Fsp3) is 0. The lowest BCUT2D eigenvalue weighted by molar-refractivity contribution is 0.112. The molecule has 0 bridgehead atoms. The van der Waals surface area contributed by atoms with Crippen LogP contribution in [0.15, 0.2) is 47.3 Å². The molecule has 3 heterocycles. The highest BCUT2D eigenvalue weighted by Gasteiger charge is 2.17. The second kappa shape index (κ2) is 5.53. The largest absolute Gasteiger partial charge is 0.298 e. The number of aromatic nitrogens is 4. The predicted molar refractivity (Wildman–Crippen MR) is 77.6 cm³/mol. The van der Waals surface area contributed by atoms with Gasteiger partial charge in [0.25, 0.3) is 0 Å². The standard InChI is InChI=1S/C14H8BrFN4O/c15-10-5-11(16)14(18-6-10)13-9(8-21)7-20(19-13)12-3-1-2-4-17-12/h1-8H. The Morgan fingerprint density at radius 2 is 2.10 bits per heavy atom. The molecule has 0 aliphatic rings. The van der Waals surface area contributed by atoms with E-state index in [0.29, 0.717) is 16.6 Å². The summed E-state index contributed by atoms with van der Waals surface area (Å²) in [6.07, 6.45) is 5.17. The lowest BCUT2D eigenvalue weighted by Gasteiger charge is -2.00. The summed E-state index contributed by atoms with van der Waals surface area (Å²) >= 11 is 3.14. The van der Waals surface area contributed by atoms with Crippen LogP contribution in [-0.2, 0) is 0 Å². The summed E-state index contributed by atoms with van der Waals surface area (Å²) in [5.74, 6) is -0.0249. The lowest BCUT2D eigenvalue weighted by Crippen LogP contribution is -1.98. The molecule has 0 amide bonds. The Balaban J connectivity index is 2.15. The Kier molecular flexibility index (Phi) is 3.57. The molecule has 3 aromatic heterocycles. The van der Waals surface area contributed by atoms with Crippen molar-refractivity contribution in [3.8, 4) is 17.2 Å². The van der Waals surface area contributed by atoms with Gasteiger partial charge in [0.2, 0.25) is 0 Å². The molecule has 0 saturated heterocycles. The summed E-state index contributed by atoms with van der Waals surface area (Å²) in [4.78, 5) is 19.3. The molecule has 0 aliphatic carbocycles. The molecule has 5 nitrogen and oxygen atoms in total. The van der Waals surface area contributed by atoms with Crippen LogP contribution < -0.4 is 0 Å². The van der Waals surface area contributed by atoms with Crippen molar-refractivity contribution in [1.29, 1.82) is 0 Å². The SMILES string of the molecule is O=Cc1cn(-c2ccccn2)nc1-c1ncc(Br)cc1F. The van der Waals surface area contributed by atoms with Crippen LogP contribution in [0.3, 0.4) is 0 Å². The van der Waals surface area contributed by atoms with Crippen molar-refractivity contribution in [2.75, 3.05) is 0 Å². The number of aldehydes is 1. The normalized spacial score (nSPS) is 10.6. The molecular formula is C14H8BrFN4O. The van der Waals surface area contributed by atoms with E-state index in [-0.39, 0.29) is 17.0 Å². The first-order valence-electron chi connectivity index (χ1n) is 5.96. The fourth-order valence-electron chi connectivity index (χ4n) is 1.85. The van der Waals surface area contributed by atoms with Gasteiger partial charge >= 0.3 is 0 Å². The lowest BCUT2D eigenvalue weighted by atomic mass is 10.2. The number of pyridine rings is 2. The smallest absolute Gasteiger partial charge is 0.153 e. The van der Waals surface area contributed by atoms with Gasteiger partial charge in [0.1, 0.15) is 11.4 Å². The molecule has 0 N–H and O–H groups in total. The van der Waals surface area contributed by atoms with E-state index in [4.69, 9.17) is 0 Å². The quantitative estimate of drug-likeness (QED) is 0.684. The third-order valence-corrected chi connectivity index (χ3v) is 3.22. The molecule has 0 saturated carbocycles. The Labute approximate surface area is 127 Å². The highest BCUT2D eigenvalue weighted by atomic mass is 79.9. The van der Waals surface area contributed by atoms with Gasteiger partial charge in [0.05, 0.1) is 5.56 Å². The van der Waals surface area contributed by atoms with Crippen LogP contribution in [0.1, 0.15) is 10.4 Å². The first-order chi connectivity index (χ1) is 10.2. The molecule has 0 unspecified atom stereocenters. The van der Waals surface area contributed by atoms with Gasteiger partial charge in [-0.05, 0) is 34.1 Å². The van der Waals surface area contributed by atoms with Crippen molar-refractivity contribution in [2.45, 2.75) is 0 Å². The van der Waals surface area contributed by atoms with Gasteiger partial charge in [-0.25, -0.2) is 14.1 Å². The topological polar surface area (TPSA) is 60.7 Å². The molecule has 104 valence electrons. The summed E-state index contributed by atoms with van der Waals surface area (Å²) in [5.41, 5.74) is 0.449. The molecule has 0 aromatic carbocycles. The molecule has 3 rings (SSSR count). The van der Waals surface area contributed by atoms with Gasteiger partial charge in [0, 0.05) is 23.1 Å². The fourth-order valence-corrected chi connectivity index (χ4v) is 2.16. The monoisotopic (exact) mass is 346 g/mol. The minimum absolute atomic E-state index is 0.0231. The minimum atomic E-state index is -0.557. The Morgan fingerprint density at radius 3 is 2.76 bits per heavy atom. The molecule has 0 atom stereocenters. The van der Waals surface area contributed by atoms with Crippen molar-refractivity contribution in [3.05, 3.63) is 58.7 Å². The third-order valence-electron chi connectivity index (χ3n) is 2.79. The van der Waals surface area contributed by atoms with Crippen molar-refractivity contribution < 1.29 is 9.18 Å². The Hall–Kier alpha value is -2.41. The van der Waals surface area contributed by atoms with E-state index in [1.165, 1.54) is 23.1 Å². The number of carbonyl (C=O) groups excluding carboxylic acids is 1. The van der Waals surface area contributed by atoms with Crippen LogP contribution in [0.25, 0.3) is 17.2 Å². The van der Waals surface area contributed by atoms with Crippen LogP contribution in [0, 0.1) is 5.82 Å². The highest BCUT2D eigenvalue weighted by molar-refractivity contribution is 9.10. The molecule has 3 aromatic rings. The van der Waals surface area contributed by atoms with E-state index in [1.807, 2.05) is 0 Å². The number of carbonyl (C=O) groups is 1. The average Bonchev–Trinajstić information content (AvgIpc) is 2.92. The maximum absolute atomic E-state index is 14.0. The van der Waals surface area contributed by atoms with Crippen molar-refractivity contribution in [1.82, 2.24) is 19.7 Å². The zero-order valence-electron chi connectivity index (χ0n) is 10.6. The Bertz CT molecular complexity index is 804. The van der Waals surface area contributed by atoms with Gasteiger partial charge in [-0.2, -0.15) is 5.10 Å². The molecule has 0 aliphatic heterocycles. The predicted octanol–water partition coefficient (Wildman–Crippen LogP) is 3.04. The number of hydrogen-bond acceptors (Lipinski definition) is 4. The van der Waals surface area contributed by atoms with Crippen LogP contribution in [0.5, 0.6) is 0 Å². The van der Waals surface area contributed by atoms with Crippen molar-refractivity contribution in [3.63, 3.8) is 0 Å². The van der Waals surface area contributed by atoms with E-state index in [9.17, 15) is 9.18 Å². The zero-order chi connectivity index (χ0) is 14.8. The van der Waals surface area contributed by atoms with E-state index in [2.05, 4.69) is 31.0 Å². The molecular weight excluding hydrogens is 339 g/mol. The van der Waals surface area contributed by atoms with Crippen LogP contribution in [-0.4, -0.2) is 26.0 Å². The second-order valence-electron chi connectivity index (χ2n) is 4.17. The molecule has 7 heteroatoms. The number of nitrogens with zero attached hydrogens (tertiary/aromatic N) is 4. The van der Waals surface area contributed by atoms with Gasteiger partial charge in [-0.15, -0.1) is 0 Å². The minimum Gasteiger partial charge on any atom is -0.298 e. The second-order valence-corrected chi connectivity index (χ2v) is 5.08. The summed E-state index contributed by atoms with van der Waals surface area (Å²) in [6.45, 7) is 0. The Morgan fingerprint density at radius 1 is 1.24 bits per heavy atom. The van der Waals surface area contributed by atoms with Crippen LogP contribution >= 0.6 is 15.9 Å². The van der Waals surface area contributed by atoms with E-state index >= 15 is 0 Å². The van der Waals surface area contributed by atoms with Gasteiger partial charge in [0.15, 0.2) is 17.9 Å². The van der Waals surface area contributed by atoms with Crippen molar-refractivity contribution in [2.24, 2.45) is 0 Å². The number of halogens is 2. The zero-order valence-corrected chi connectivity index (χ0v) is 12.2. The number of hydrogen-bond donors (Lipinski definition) is 0. The van der Waals surface area contributed by atoms with E-state index < -0.39 is 5.82 Å². The third kappa shape index (κ3) is 2.59. The summed E-state index contributed by atoms with van der Waals surface area (Å²) < 4.78 is 15.9. The van der Waals surface area contributed by atoms with Gasteiger partial charge in [-0.3, -0.25) is 9.78 Å². The summed E-state index contributed by atoms with van der Waals surface area (Å²) in [7, 11) is 0. The van der Waals surface area contributed by atoms with E-state index in [0.717, 1.165) is 0 Å². The maximum atomic E-state index is 14.0. The van der Waals surface area contributed by atoms with Crippen molar-refractivity contribution >= 4 is 22.2 Å². The molecule has 0 fully saturated rings. The molecule has 0 radical (unpaired) electrons. The highest BCUT2D eigenvalue weighted by Crippen LogP contribution is 2.24. The van der Waals surface area contributed by atoms with Crippen LogP contribution in [0.4, 0.5) is 4.39 Å². The first kappa shape index (κ1) is 13.6. The van der Waals surface area contributed by atoms with Gasteiger partial charge < -0.3 is 0 Å². The maximum Gasteiger partial charge on any atom is 0.153 e. The summed E-state index contributed by atoms with van der Waals surface area (Å²) in [6, 6.07) is 6.57. The van der Waals surface area contributed by atoms with Gasteiger partial charge in [-0.1, -0.05) is 6.07 Å². The molecule has 0 spiro atoms. The first-order valence-corrected chi connectivity index (χ1v) is 6.76. The summed E-state index contributed by atoms with van der Waals surface area (Å²) in [5, 5.41) is 4.22. The number of rotatable bonds is 3. The van der Waals surface area contributed by atoms with E-state index in [1.54, 1.807) is 24.4 Å². The van der Waals surface area contributed by atoms with Crippen LogP contribution in [0.2, 0.25) is 0 Å². The molecule has 21 heavy (non-hydrogen) atoms. The average molecular weight is 347 g/mol.